The molecule has 0 N–H and O–H groups in total. The minimum atomic E-state index is -3.99. The molecule has 9 heteroatoms. The van der Waals surface area contributed by atoms with Crippen LogP contribution in [0.3, 0.4) is 0 Å². The van der Waals surface area contributed by atoms with Crippen molar-refractivity contribution in [1.82, 2.24) is 14.3 Å². The Balaban J connectivity index is 1.78. The van der Waals surface area contributed by atoms with Gasteiger partial charge in [-0.05, 0) is 25.0 Å². The summed E-state index contributed by atoms with van der Waals surface area (Å²) in [5.74, 6) is -1.51. The van der Waals surface area contributed by atoms with E-state index < -0.39 is 26.6 Å². The summed E-state index contributed by atoms with van der Waals surface area (Å²) in [5.41, 5.74) is 0. The molecule has 2 heterocycles. The number of nitrogens with zero attached hydrogens (tertiary/aromatic N) is 3. The summed E-state index contributed by atoms with van der Waals surface area (Å²) in [5, 5.41) is 0. The van der Waals surface area contributed by atoms with E-state index in [1.165, 1.54) is 16.8 Å². The number of piperidine rings is 1. The molecule has 1 aliphatic rings. The Morgan fingerprint density at radius 2 is 1.96 bits per heavy atom. The zero-order valence-electron chi connectivity index (χ0n) is 12.6. The van der Waals surface area contributed by atoms with Crippen LogP contribution in [0.1, 0.15) is 12.8 Å². The molecule has 1 atom stereocenters. The Morgan fingerprint density at radius 1 is 1.21 bits per heavy atom. The molecule has 1 aliphatic heterocycles. The second-order valence-corrected chi connectivity index (χ2v) is 7.34. The average molecular weight is 355 g/mol. The van der Waals surface area contributed by atoms with Crippen LogP contribution in [0.4, 0.5) is 8.78 Å². The number of sulfonamides is 1. The van der Waals surface area contributed by atoms with Crippen LogP contribution in [0.5, 0.6) is 5.88 Å². The Labute approximate surface area is 138 Å². The highest BCUT2D eigenvalue weighted by Crippen LogP contribution is 2.24. The van der Waals surface area contributed by atoms with Gasteiger partial charge in [0.1, 0.15) is 24.1 Å². The number of rotatable bonds is 4. The van der Waals surface area contributed by atoms with Crippen LogP contribution in [-0.4, -0.2) is 41.9 Å². The van der Waals surface area contributed by atoms with Crippen molar-refractivity contribution >= 4 is 10.0 Å². The predicted molar refractivity (Wildman–Crippen MR) is 80.8 cm³/mol. The number of hydrogen-bond acceptors (Lipinski definition) is 5. The molecular weight excluding hydrogens is 340 g/mol. The minimum absolute atomic E-state index is 0.0878. The molecule has 0 aliphatic carbocycles. The van der Waals surface area contributed by atoms with Crippen LogP contribution in [0.2, 0.25) is 0 Å². The van der Waals surface area contributed by atoms with E-state index in [2.05, 4.69) is 9.97 Å². The first-order valence-electron chi connectivity index (χ1n) is 7.34. The fourth-order valence-electron chi connectivity index (χ4n) is 2.57. The molecule has 128 valence electrons. The first kappa shape index (κ1) is 16.7. The molecule has 24 heavy (non-hydrogen) atoms. The lowest BCUT2D eigenvalue weighted by Gasteiger charge is -2.31. The molecule has 0 amide bonds. The Bertz CT molecular complexity index is 798. The van der Waals surface area contributed by atoms with Gasteiger partial charge in [-0.3, -0.25) is 0 Å². The molecule has 2 aromatic rings. The molecule has 1 saturated heterocycles. The highest BCUT2D eigenvalue weighted by atomic mass is 32.2. The third-order valence-electron chi connectivity index (χ3n) is 3.66. The van der Waals surface area contributed by atoms with Crippen molar-refractivity contribution in [3.63, 3.8) is 0 Å². The van der Waals surface area contributed by atoms with Crippen LogP contribution >= 0.6 is 0 Å². The molecule has 1 aromatic heterocycles. The Morgan fingerprint density at radius 3 is 2.62 bits per heavy atom. The minimum Gasteiger partial charge on any atom is -0.473 e. The fourth-order valence-corrected chi connectivity index (χ4v) is 4.12. The van der Waals surface area contributed by atoms with Crippen LogP contribution < -0.4 is 4.74 Å². The summed E-state index contributed by atoms with van der Waals surface area (Å²) in [6.45, 7) is 0.356. The summed E-state index contributed by atoms with van der Waals surface area (Å²) >= 11 is 0. The van der Waals surface area contributed by atoms with Gasteiger partial charge in [0.25, 0.3) is 0 Å². The van der Waals surface area contributed by atoms with Gasteiger partial charge in [-0.15, -0.1) is 0 Å². The van der Waals surface area contributed by atoms with Crippen molar-refractivity contribution in [3.05, 3.63) is 48.4 Å². The highest BCUT2D eigenvalue weighted by Gasteiger charge is 2.32. The largest absolute Gasteiger partial charge is 0.473 e. The number of aromatic nitrogens is 2. The number of halogens is 2. The standard InChI is InChI=1S/C15H15F2N3O3S/c16-11-6-12(17)8-14(7-11)24(21,22)20-5-1-2-13(9-20)23-15-3-4-18-10-19-15/h3-4,6-8,10,13H,1-2,5,9H2. The normalized spacial score (nSPS) is 19.2. The number of hydrogen-bond donors (Lipinski definition) is 0. The summed E-state index contributed by atoms with van der Waals surface area (Å²) < 4.78 is 58.7. The molecule has 3 rings (SSSR count). The van der Waals surface area contributed by atoms with Gasteiger partial charge in [0, 0.05) is 24.9 Å². The zero-order chi connectivity index (χ0) is 17.2. The van der Waals surface area contributed by atoms with Gasteiger partial charge < -0.3 is 4.74 Å². The van der Waals surface area contributed by atoms with Crippen molar-refractivity contribution in [3.8, 4) is 5.88 Å². The van der Waals surface area contributed by atoms with Crippen LogP contribution in [-0.2, 0) is 10.0 Å². The van der Waals surface area contributed by atoms with E-state index in [0.717, 1.165) is 12.1 Å². The van der Waals surface area contributed by atoms with E-state index in [0.29, 0.717) is 24.8 Å². The Kier molecular flexibility index (Phi) is 4.72. The van der Waals surface area contributed by atoms with Gasteiger partial charge in [0.15, 0.2) is 0 Å². The maximum Gasteiger partial charge on any atom is 0.243 e. The maximum absolute atomic E-state index is 13.3. The number of benzene rings is 1. The van der Waals surface area contributed by atoms with E-state index in [1.807, 2.05) is 0 Å². The van der Waals surface area contributed by atoms with Crippen molar-refractivity contribution in [2.24, 2.45) is 0 Å². The van der Waals surface area contributed by atoms with Crippen molar-refractivity contribution in [1.29, 1.82) is 0 Å². The zero-order valence-corrected chi connectivity index (χ0v) is 13.4. The lowest BCUT2D eigenvalue weighted by Crippen LogP contribution is -2.44. The monoisotopic (exact) mass is 355 g/mol. The molecule has 0 saturated carbocycles. The predicted octanol–water partition coefficient (Wildman–Crippen LogP) is 1.99. The Hall–Kier alpha value is -2.13. The summed E-state index contributed by atoms with van der Waals surface area (Å²) in [6, 6.07) is 3.84. The summed E-state index contributed by atoms with van der Waals surface area (Å²) in [6.07, 6.45) is 3.71. The first-order valence-corrected chi connectivity index (χ1v) is 8.78. The quantitative estimate of drug-likeness (QED) is 0.839. The molecule has 0 spiro atoms. The molecule has 1 fully saturated rings. The topological polar surface area (TPSA) is 72.4 Å². The number of ether oxygens (including phenoxy) is 1. The van der Waals surface area contributed by atoms with E-state index in [9.17, 15) is 17.2 Å². The van der Waals surface area contributed by atoms with Crippen LogP contribution in [0, 0.1) is 11.6 Å². The van der Waals surface area contributed by atoms with E-state index in [4.69, 9.17) is 4.74 Å². The molecule has 1 unspecified atom stereocenters. The van der Waals surface area contributed by atoms with Gasteiger partial charge in [-0.1, -0.05) is 0 Å². The van der Waals surface area contributed by atoms with Crippen molar-refractivity contribution < 1.29 is 21.9 Å². The SMILES string of the molecule is O=S(=O)(c1cc(F)cc(F)c1)N1CCCC(Oc2ccncn2)C1. The average Bonchev–Trinajstić information content (AvgIpc) is 2.55. The van der Waals surface area contributed by atoms with Crippen LogP contribution in [0.15, 0.2) is 41.7 Å². The lowest BCUT2D eigenvalue weighted by molar-refractivity contribution is 0.124. The van der Waals surface area contributed by atoms with Gasteiger partial charge in [-0.2, -0.15) is 4.31 Å². The van der Waals surface area contributed by atoms with Crippen molar-refractivity contribution in [2.75, 3.05) is 13.1 Å². The lowest BCUT2D eigenvalue weighted by atomic mass is 10.1. The molecule has 6 nitrogen and oxygen atoms in total. The van der Waals surface area contributed by atoms with E-state index in [-0.39, 0.29) is 19.2 Å². The summed E-state index contributed by atoms with van der Waals surface area (Å²) in [7, 11) is -3.99. The first-order chi connectivity index (χ1) is 11.4. The third kappa shape index (κ3) is 3.68. The second kappa shape index (κ2) is 6.78. The smallest absolute Gasteiger partial charge is 0.243 e. The third-order valence-corrected chi connectivity index (χ3v) is 5.50. The van der Waals surface area contributed by atoms with Gasteiger partial charge >= 0.3 is 0 Å². The fraction of sp³-hybridized carbons (Fsp3) is 0.333. The summed E-state index contributed by atoms with van der Waals surface area (Å²) in [4.78, 5) is 7.32. The van der Waals surface area contributed by atoms with E-state index >= 15 is 0 Å². The van der Waals surface area contributed by atoms with Gasteiger partial charge in [0.2, 0.25) is 15.9 Å². The van der Waals surface area contributed by atoms with Crippen LogP contribution in [0.25, 0.3) is 0 Å². The second-order valence-electron chi connectivity index (χ2n) is 5.40. The molecule has 0 bridgehead atoms. The van der Waals surface area contributed by atoms with E-state index in [1.54, 1.807) is 6.07 Å². The van der Waals surface area contributed by atoms with Gasteiger partial charge in [-0.25, -0.2) is 27.2 Å². The van der Waals surface area contributed by atoms with Crippen molar-refractivity contribution in [2.45, 2.75) is 23.8 Å². The molecular formula is C15H15F2N3O3S. The molecule has 1 aromatic carbocycles. The molecule has 0 radical (unpaired) electrons. The maximum atomic E-state index is 13.3. The van der Waals surface area contributed by atoms with Gasteiger partial charge in [0.05, 0.1) is 11.4 Å². The highest BCUT2D eigenvalue weighted by molar-refractivity contribution is 7.89.